The minimum atomic E-state index is -0.847. The Bertz CT molecular complexity index is 590. The number of carboxylic acids is 1. The van der Waals surface area contributed by atoms with Gasteiger partial charge in [0.2, 0.25) is 11.8 Å². The molecule has 0 spiro atoms. The van der Waals surface area contributed by atoms with E-state index in [1.54, 1.807) is 24.3 Å². The van der Waals surface area contributed by atoms with Crippen LogP contribution in [-0.4, -0.2) is 36.0 Å². The van der Waals surface area contributed by atoms with Gasteiger partial charge in [-0.15, -0.1) is 0 Å². The molecule has 0 radical (unpaired) electrons. The molecule has 7 heteroatoms. The Morgan fingerprint density at radius 1 is 1.08 bits per heavy atom. The van der Waals surface area contributed by atoms with E-state index in [1.165, 1.54) is 0 Å². The SMILES string of the molecule is CC(C)(C)C(=O)NCCC(=O)Nc1ccc(OCCCC(=O)O)cc1. The lowest BCUT2D eigenvalue weighted by molar-refractivity contribution is -0.137. The summed E-state index contributed by atoms with van der Waals surface area (Å²) in [4.78, 5) is 34.0. The van der Waals surface area contributed by atoms with Crippen molar-refractivity contribution in [3.63, 3.8) is 0 Å². The van der Waals surface area contributed by atoms with Gasteiger partial charge in [0.15, 0.2) is 0 Å². The zero-order valence-corrected chi connectivity index (χ0v) is 14.9. The summed E-state index contributed by atoms with van der Waals surface area (Å²) in [5.41, 5.74) is 0.154. The van der Waals surface area contributed by atoms with Crippen LogP contribution in [0.5, 0.6) is 5.75 Å². The first-order valence-corrected chi connectivity index (χ1v) is 8.21. The highest BCUT2D eigenvalue weighted by Crippen LogP contribution is 2.16. The number of amides is 2. The monoisotopic (exact) mass is 350 g/mol. The molecule has 138 valence electrons. The quantitative estimate of drug-likeness (QED) is 0.593. The summed E-state index contributed by atoms with van der Waals surface area (Å²) in [5, 5.41) is 14.0. The van der Waals surface area contributed by atoms with Crippen molar-refractivity contribution in [3.05, 3.63) is 24.3 Å². The molecule has 0 fully saturated rings. The fraction of sp³-hybridized carbons (Fsp3) is 0.500. The van der Waals surface area contributed by atoms with Crippen LogP contribution in [0.1, 0.15) is 40.0 Å². The van der Waals surface area contributed by atoms with Gasteiger partial charge in [-0.25, -0.2) is 0 Å². The number of carbonyl (C=O) groups excluding carboxylic acids is 2. The highest BCUT2D eigenvalue weighted by atomic mass is 16.5. The average Bonchev–Trinajstić information content (AvgIpc) is 2.52. The first-order valence-electron chi connectivity index (χ1n) is 8.21. The first kappa shape index (κ1) is 20.5. The summed E-state index contributed by atoms with van der Waals surface area (Å²) in [6, 6.07) is 6.83. The van der Waals surface area contributed by atoms with E-state index in [0.29, 0.717) is 24.5 Å². The van der Waals surface area contributed by atoms with E-state index in [1.807, 2.05) is 20.8 Å². The highest BCUT2D eigenvalue weighted by Gasteiger charge is 2.20. The minimum Gasteiger partial charge on any atom is -0.494 e. The van der Waals surface area contributed by atoms with E-state index >= 15 is 0 Å². The third-order valence-corrected chi connectivity index (χ3v) is 3.26. The summed E-state index contributed by atoms with van der Waals surface area (Å²) in [6.45, 7) is 6.05. The molecule has 2 amide bonds. The van der Waals surface area contributed by atoms with Gasteiger partial charge in [-0.2, -0.15) is 0 Å². The van der Waals surface area contributed by atoms with Crippen LogP contribution in [0.15, 0.2) is 24.3 Å². The number of nitrogens with one attached hydrogen (secondary N) is 2. The Balaban J connectivity index is 2.31. The number of aliphatic carboxylic acids is 1. The smallest absolute Gasteiger partial charge is 0.303 e. The van der Waals surface area contributed by atoms with E-state index in [4.69, 9.17) is 9.84 Å². The Kier molecular flexibility index (Phi) is 7.91. The van der Waals surface area contributed by atoms with E-state index < -0.39 is 11.4 Å². The van der Waals surface area contributed by atoms with Crippen LogP contribution >= 0.6 is 0 Å². The van der Waals surface area contributed by atoms with Crippen molar-refractivity contribution < 1.29 is 24.2 Å². The van der Waals surface area contributed by atoms with E-state index in [9.17, 15) is 14.4 Å². The molecule has 1 rings (SSSR count). The van der Waals surface area contributed by atoms with Gasteiger partial charge in [0.25, 0.3) is 0 Å². The number of rotatable bonds is 9. The van der Waals surface area contributed by atoms with Gasteiger partial charge in [0.1, 0.15) is 5.75 Å². The summed E-state index contributed by atoms with van der Waals surface area (Å²) in [5.74, 6) is -0.518. The Hall–Kier alpha value is -2.57. The molecule has 0 heterocycles. The molecule has 0 bridgehead atoms. The Morgan fingerprint density at radius 3 is 2.28 bits per heavy atom. The van der Waals surface area contributed by atoms with Gasteiger partial charge in [-0.1, -0.05) is 20.8 Å². The lowest BCUT2D eigenvalue weighted by Gasteiger charge is -2.17. The van der Waals surface area contributed by atoms with E-state index in [-0.39, 0.29) is 31.2 Å². The van der Waals surface area contributed by atoms with Gasteiger partial charge in [0.05, 0.1) is 6.61 Å². The Labute approximate surface area is 147 Å². The van der Waals surface area contributed by atoms with E-state index in [2.05, 4.69) is 10.6 Å². The van der Waals surface area contributed by atoms with Crippen molar-refractivity contribution in [2.45, 2.75) is 40.0 Å². The second kappa shape index (κ2) is 9.66. The third-order valence-electron chi connectivity index (χ3n) is 3.26. The zero-order valence-electron chi connectivity index (χ0n) is 14.9. The lowest BCUT2D eigenvalue weighted by atomic mass is 9.96. The number of carbonyl (C=O) groups is 3. The zero-order chi connectivity index (χ0) is 18.9. The summed E-state index contributed by atoms with van der Waals surface area (Å²) < 4.78 is 5.42. The molecule has 1 aromatic rings. The predicted molar refractivity (Wildman–Crippen MR) is 94.5 cm³/mol. The van der Waals surface area contributed by atoms with Crippen molar-refractivity contribution >= 4 is 23.5 Å². The number of hydrogen-bond donors (Lipinski definition) is 3. The molecule has 25 heavy (non-hydrogen) atoms. The molecule has 0 aliphatic rings. The Morgan fingerprint density at radius 2 is 1.72 bits per heavy atom. The molecule has 0 saturated heterocycles. The number of anilines is 1. The van der Waals surface area contributed by atoms with Gasteiger partial charge in [-0.05, 0) is 30.7 Å². The van der Waals surface area contributed by atoms with Crippen LogP contribution in [0.25, 0.3) is 0 Å². The normalized spacial score (nSPS) is 10.8. The van der Waals surface area contributed by atoms with Crippen LogP contribution in [0.4, 0.5) is 5.69 Å². The average molecular weight is 350 g/mol. The van der Waals surface area contributed by atoms with Crippen LogP contribution in [0.3, 0.4) is 0 Å². The number of ether oxygens (including phenoxy) is 1. The molecule has 1 aromatic carbocycles. The topological polar surface area (TPSA) is 105 Å². The van der Waals surface area contributed by atoms with Crippen molar-refractivity contribution in [1.82, 2.24) is 5.32 Å². The van der Waals surface area contributed by atoms with Crippen molar-refractivity contribution in [2.75, 3.05) is 18.5 Å². The fourth-order valence-electron chi connectivity index (χ4n) is 1.83. The lowest BCUT2D eigenvalue weighted by Crippen LogP contribution is -2.36. The fourth-order valence-corrected chi connectivity index (χ4v) is 1.83. The van der Waals surface area contributed by atoms with Crippen molar-refractivity contribution in [2.24, 2.45) is 5.41 Å². The van der Waals surface area contributed by atoms with Crippen LogP contribution in [0, 0.1) is 5.41 Å². The van der Waals surface area contributed by atoms with E-state index in [0.717, 1.165) is 0 Å². The molecular formula is C18H26N2O5. The van der Waals surface area contributed by atoms with Crippen molar-refractivity contribution in [1.29, 1.82) is 0 Å². The molecule has 0 aliphatic heterocycles. The van der Waals surface area contributed by atoms with Crippen LogP contribution in [-0.2, 0) is 14.4 Å². The number of hydrogen-bond acceptors (Lipinski definition) is 4. The first-order chi connectivity index (χ1) is 11.7. The molecule has 0 aromatic heterocycles. The van der Waals surface area contributed by atoms with Gasteiger partial charge < -0.3 is 20.5 Å². The maximum absolute atomic E-state index is 11.9. The summed E-state index contributed by atoms with van der Waals surface area (Å²) >= 11 is 0. The highest BCUT2D eigenvalue weighted by molar-refractivity contribution is 5.91. The molecule has 0 atom stereocenters. The van der Waals surface area contributed by atoms with Gasteiger partial charge in [-0.3, -0.25) is 14.4 Å². The second-order valence-electron chi connectivity index (χ2n) is 6.67. The summed E-state index contributed by atoms with van der Waals surface area (Å²) in [6.07, 6.45) is 0.698. The largest absolute Gasteiger partial charge is 0.494 e. The van der Waals surface area contributed by atoms with Crippen LogP contribution < -0.4 is 15.4 Å². The van der Waals surface area contributed by atoms with Gasteiger partial charge >= 0.3 is 5.97 Å². The molecule has 3 N–H and O–H groups in total. The van der Waals surface area contributed by atoms with Crippen molar-refractivity contribution in [3.8, 4) is 5.75 Å². The maximum atomic E-state index is 11.9. The maximum Gasteiger partial charge on any atom is 0.303 e. The minimum absolute atomic E-state index is 0.0693. The standard InChI is InChI=1S/C18H26N2O5/c1-18(2,3)17(24)19-11-10-15(21)20-13-6-8-14(9-7-13)25-12-4-5-16(22)23/h6-9H,4-5,10-12H2,1-3H3,(H,19,24)(H,20,21)(H,22,23). The molecule has 0 aliphatic carbocycles. The molecular weight excluding hydrogens is 324 g/mol. The predicted octanol–water partition coefficient (Wildman–Crippen LogP) is 2.42. The third kappa shape index (κ3) is 8.74. The number of benzene rings is 1. The molecule has 7 nitrogen and oxygen atoms in total. The van der Waals surface area contributed by atoms with Crippen LogP contribution in [0.2, 0.25) is 0 Å². The molecule has 0 saturated carbocycles. The summed E-state index contributed by atoms with van der Waals surface area (Å²) in [7, 11) is 0. The molecule has 0 unspecified atom stereocenters. The second-order valence-corrected chi connectivity index (χ2v) is 6.67. The van der Waals surface area contributed by atoms with Gasteiger partial charge in [0, 0.05) is 30.5 Å². The number of carboxylic acid groups (broad SMARTS) is 1.